The van der Waals surface area contributed by atoms with Gasteiger partial charge in [-0.05, 0) is 0 Å². The molecule has 0 aliphatic heterocycles. The Kier molecular flexibility index (Phi) is 2.83. The Morgan fingerprint density at radius 1 is 1.75 bits per heavy atom. The number of halogens is 2. The van der Waals surface area contributed by atoms with Crippen molar-refractivity contribution in [3.63, 3.8) is 0 Å². The number of nitrogens with zero attached hydrogens (tertiary/aromatic N) is 1. The van der Waals surface area contributed by atoms with Crippen LogP contribution in [0.25, 0.3) is 0 Å². The molecule has 0 aliphatic carbocycles. The molecule has 1 N–H and O–H groups in total. The zero-order valence-corrected chi connectivity index (χ0v) is 6.65. The van der Waals surface area contributed by atoms with Crippen molar-refractivity contribution in [3.05, 3.63) is 16.1 Å². The highest BCUT2D eigenvalue weighted by Crippen LogP contribution is 2.15. The van der Waals surface area contributed by atoms with Gasteiger partial charge in [0.2, 0.25) is 0 Å². The first-order valence-corrected chi connectivity index (χ1v) is 3.84. The lowest BCUT2D eigenvalue weighted by molar-refractivity contribution is 0.0678. The molecule has 0 aliphatic rings. The quantitative estimate of drug-likeness (QED) is 0.731. The molecule has 1 aromatic heterocycles. The van der Waals surface area contributed by atoms with E-state index >= 15 is 0 Å². The molecule has 3 nitrogen and oxygen atoms in total. The Hall–Kier alpha value is -0.880. The second-order valence-electron chi connectivity index (χ2n) is 1.95. The normalized spacial score (nSPS) is 10.7. The van der Waals surface area contributed by atoms with E-state index in [2.05, 4.69) is 4.98 Å². The van der Waals surface area contributed by atoms with Crippen LogP contribution in [0.1, 0.15) is 14.7 Å². The smallest absolute Gasteiger partial charge is 0.303 e. The van der Waals surface area contributed by atoms with Gasteiger partial charge in [0.05, 0.1) is 11.5 Å². The van der Waals surface area contributed by atoms with Crippen LogP contribution < -0.4 is 0 Å². The summed E-state index contributed by atoms with van der Waals surface area (Å²) in [6.45, 7) is -0.284. The Bertz CT molecular complexity index is 287. The van der Waals surface area contributed by atoms with Crippen molar-refractivity contribution in [1.29, 1.82) is 0 Å². The minimum atomic E-state index is -3.03. The largest absolute Gasteiger partial charge is 0.391 e. The number of carbonyl (C=O) groups is 1. The highest BCUT2D eigenvalue weighted by molar-refractivity contribution is 7.13. The third-order valence-electron chi connectivity index (χ3n) is 1.12. The summed E-state index contributed by atoms with van der Waals surface area (Å²) in [6, 6.07) is 0. The van der Waals surface area contributed by atoms with Crippen molar-refractivity contribution in [3.8, 4) is 0 Å². The van der Waals surface area contributed by atoms with Gasteiger partial charge in [0.1, 0.15) is 0 Å². The van der Waals surface area contributed by atoms with Crippen molar-refractivity contribution in [1.82, 2.24) is 4.98 Å². The van der Waals surface area contributed by atoms with Crippen LogP contribution in [0, 0.1) is 0 Å². The van der Waals surface area contributed by atoms with E-state index in [1.54, 1.807) is 0 Å². The molecule has 1 rings (SSSR count). The van der Waals surface area contributed by atoms with E-state index < -0.39 is 12.2 Å². The van der Waals surface area contributed by atoms with Crippen LogP contribution in [0.15, 0.2) is 6.20 Å². The van der Waals surface area contributed by atoms with E-state index in [9.17, 15) is 13.6 Å². The van der Waals surface area contributed by atoms with E-state index in [1.807, 2.05) is 0 Å². The Balaban J connectivity index is 2.82. The van der Waals surface area contributed by atoms with Crippen LogP contribution in [0.4, 0.5) is 8.78 Å². The van der Waals surface area contributed by atoms with Crippen molar-refractivity contribution in [2.24, 2.45) is 0 Å². The predicted octanol–water partition coefficient (Wildman–Crippen LogP) is 1.08. The van der Waals surface area contributed by atoms with Crippen LogP contribution >= 0.6 is 11.3 Å². The Labute approximate surface area is 70.7 Å². The number of thiazole rings is 1. The van der Waals surface area contributed by atoms with Gasteiger partial charge in [-0.1, -0.05) is 0 Å². The van der Waals surface area contributed by atoms with Crippen LogP contribution in [0.3, 0.4) is 0 Å². The average molecular weight is 193 g/mol. The molecule has 6 heteroatoms. The summed E-state index contributed by atoms with van der Waals surface area (Å²) in [4.78, 5) is 14.4. The number of Topliss-reactive ketones (excluding diaryl/α,β-unsaturated/α-hetero) is 1. The summed E-state index contributed by atoms with van der Waals surface area (Å²) >= 11 is 0.779. The third kappa shape index (κ3) is 1.83. The van der Waals surface area contributed by atoms with Gasteiger partial charge >= 0.3 is 6.43 Å². The lowest BCUT2D eigenvalue weighted by Gasteiger charge is -1.90. The molecule has 1 aromatic rings. The van der Waals surface area contributed by atoms with E-state index in [4.69, 9.17) is 5.11 Å². The molecular formula is C6H5F2NO2S. The van der Waals surface area contributed by atoms with Crippen LogP contribution in [0.2, 0.25) is 0 Å². The number of carbonyl (C=O) groups excluding carboxylic acids is 1. The minimum absolute atomic E-state index is 0.256. The highest BCUT2D eigenvalue weighted by atomic mass is 32.1. The molecule has 0 saturated heterocycles. The maximum atomic E-state index is 11.8. The molecule has 0 unspecified atom stereocenters. The van der Waals surface area contributed by atoms with Gasteiger partial charge in [-0.25, -0.2) is 13.8 Å². The number of hydrogen-bond donors (Lipinski definition) is 1. The first-order chi connectivity index (χ1) is 5.65. The van der Waals surface area contributed by atoms with E-state index in [-0.39, 0.29) is 11.6 Å². The van der Waals surface area contributed by atoms with Gasteiger partial charge in [0.25, 0.3) is 5.78 Å². The number of aliphatic hydroxyl groups is 1. The molecule has 66 valence electrons. The van der Waals surface area contributed by atoms with Crippen molar-refractivity contribution in [2.75, 3.05) is 0 Å². The number of rotatable bonds is 3. The third-order valence-corrected chi connectivity index (χ3v) is 2.12. The van der Waals surface area contributed by atoms with E-state index in [0.717, 1.165) is 11.3 Å². The number of aromatic nitrogens is 1. The number of alkyl halides is 2. The molecule has 0 radical (unpaired) electrons. The van der Waals surface area contributed by atoms with Crippen molar-refractivity contribution in [2.45, 2.75) is 13.0 Å². The zero-order chi connectivity index (χ0) is 9.14. The molecule has 0 bridgehead atoms. The fourth-order valence-electron chi connectivity index (χ4n) is 0.588. The van der Waals surface area contributed by atoms with Gasteiger partial charge in [-0.3, -0.25) is 4.79 Å². The van der Waals surface area contributed by atoms with Gasteiger partial charge in [-0.15, -0.1) is 11.3 Å². The summed E-state index contributed by atoms with van der Waals surface area (Å²) in [5, 5.41) is 8.29. The van der Waals surface area contributed by atoms with Gasteiger partial charge in [0.15, 0.2) is 5.01 Å². The molecule has 0 aromatic carbocycles. The van der Waals surface area contributed by atoms with Gasteiger partial charge < -0.3 is 5.11 Å². The minimum Gasteiger partial charge on any atom is -0.391 e. The van der Waals surface area contributed by atoms with Crippen LogP contribution in [-0.2, 0) is 6.61 Å². The number of aliphatic hydroxyl groups excluding tert-OH is 1. The molecule has 0 amide bonds. The molecule has 12 heavy (non-hydrogen) atoms. The maximum absolute atomic E-state index is 11.8. The van der Waals surface area contributed by atoms with E-state index in [1.165, 1.54) is 6.20 Å². The number of hydrogen-bond acceptors (Lipinski definition) is 4. The monoisotopic (exact) mass is 193 g/mol. The van der Waals surface area contributed by atoms with Crippen LogP contribution in [-0.4, -0.2) is 22.3 Å². The predicted molar refractivity (Wildman–Crippen MR) is 38.4 cm³/mol. The molecule has 1 heterocycles. The maximum Gasteiger partial charge on any atom is 0.303 e. The standard InChI is InChI=1S/C6H5F2NO2S/c7-5(8)4(11)6-9-1-3(2-10)12-6/h1,5,10H,2H2. The summed E-state index contributed by atoms with van der Waals surface area (Å²) in [5.74, 6) is -1.29. The SMILES string of the molecule is O=C(c1ncc(CO)s1)C(F)F. The molecular weight excluding hydrogens is 188 g/mol. The lowest BCUT2D eigenvalue weighted by atomic mass is 10.4. The summed E-state index contributed by atoms with van der Waals surface area (Å²) in [6.07, 6.45) is -1.82. The van der Waals surface area contributed by atoms with E-state index in [0.29, 0.717) is 4.88 Å². The first kappa shape index (κ1) is 9.21. The second kappa shape index (κ2) is 3.68. The average Bonchev–Trinajstić information content (AvgIpc) is 2.50. The fourth-order valence-corrected chi connectivity index (χ4v) is 1.30. The highest BCUT2D eigenvalue weighted by Gasteiger charge is 2.20. The Morgan fingerprint density at radius 2 is 2.42 bits per heavy atom. The molecule has 0 spiro atoms. The summed E-state index contributed by atoms with van der Waals surface area (Å²) in [7, 11) is 0. The second-order valence-corrected chi connectivity index (χ2v) is 3.07. The summed E-state index contributed by atoms with van der Waals surface area (Å²) in [5.41, 5.74) is 0. The van der Waals surface area contributed by atoms with Crippen molar-refractivity contribution >= 4 is 17.1 Å². The van der Waals surface area contributed by atoms with Crippen molar-refractivity contribution < 1.29 is 18.7 Å². The topological polar surface area (TPSA) is 50.2 Å². The van der Waals surface area contributed by atoms with Gasteiger partial charge in [-0.2, -0.15) is 0 Å². The fraction of sp³-hybridized carbons (Fsp3) is 0.333. The molecule has 0 fully saturated rings. The number of ketones is 1. The lowest BCUT2D eigenvalue weighted by Crippen LogP contribution is -2.09. The summed E-state index contributed by atoms with van der Waals surface area (Å²) < 4.78 is 23.6. The van der Waals surface area contributed by atoms with Gasteiger partial charge in [0, 0.05) is 6.20 Å². The zero-order valence-electron chi connectivity index (χ0n) is 5.83. The molecule has 0 atom stereocenters. The first-order valence-electron chi connectivity index (χ1n) is 3.03. The Morgan fingerprint density at radius 3 is 2.83 bits per heavy atom. The van der Waals surface area contributed by atoms with Crippen LogP contribution in [0.5, 0.6) is 0 Å². The molecule has 0 saturated carbocycles.